The molecule has 6 nitrogen and oxygen atoms in total. The van der Waals surface area contributed by atoms with Crippen molar-refractivity contribution >= 4 is 43.2 Å². The summed E-state index contributed by atoms with van der Waals surface area (Å²) in [5.74, 6) is 0. The van der Waals surface area contributed by atoms with Crippen LogP contribution >= 0.6 is 15.9 Å². The Hall–Kier alpha value is -0.746. The third-order valence-corrected chi connectivity index (χ3v) is 8.32. The standard InChI is InChI=1S/C18H32BrN3O3Si2/c1-26(2,3)11-9-24-13-21-16-15(19)7-8-20-17(16)22(18(21)23)14-25-10-12-27(4,5)6/h7-8H,9-14H2,1-6H3. The normalized spacial score (nSPS) is 12.9. The van der Waals surface area contributed by atoms with Crippen molar-refractivity contribution in [3.63, 3.8) is 0 Å². The number of hydrogen-bond acceptors (Lipinski definition) is 4. The van der Waals surface area contributed by atoms with Crippen LogP contribution in [-0.4, -0.2) is 43.5 Å². The van der Waals surface area contributed by atoms with E-state index in [0.717, 1.165) is 22.1 Å². The lowest BCUT2D eigenvalue weighted by molar-refractivity contribution is 0.0753. The molecule has 0 fully saturated rings. The lowest BCUT2D eigenvalue weighted by Gasteiger charge is -2.15. The highest BCUT2D eigenvalue weighted by Crippen LogP contribution is 2.21. The number of aromatic nitrogens is 3. The number of rotatable bonds is 10. The first-order chi connectivity index (χ1) is 12.5. The van der Waals surface area contributed by atoms with Gasteiger partial charge in [0.15, 0.2) is 5.65 Å². The van der Waals surface area contributed by atoms with Crippen molar-refractivity contribution in [1.29, 1.82) is 0 Å². The molecular formula is C18H32BrN3O3Si2. The molecule has 2 heterocycles. The molecule has 0 radical (unpaired) electrons. The van der Waals surface area contributed by atoms with E-state index in [1.54, 1.807) is 15.3 Å². The summed E-state index contributed by atoms with van der Waals surface area (Å²) in [7, 11) is -2.32. The lowest BCUT2D eigenvalue weighted by atomic mass is 10.4. The molecule has 2 rings (SSSR count). The molecule has 0 atom stereocenters. The molecule has 9 heteroatoms. The van der Waals surface area contributed by atoms with Crippen LogP contribution in [0.3, 0.4) is 0 Å². The van der Waals surface area contributed by atoms with E-state index in [4.69, 9.17) is 9.47 Å². The smallest absolute Gasteiger partial charge is 0.334 e. The third-order valence-electron chi connectivity index (χ3n) is 4.28. The number of hydrogen-bond donors (Lipinski definition) is 0. The topological polar surface area (TPSA) is 58.3 Å². The minimum absolute atomic E-state index is 0.148. The molecule has 2 aromatic rings. The highest BCUT2D eigenvalue weighted by molar-refractivity contribution is 9.10. The van der Waals surface area contributed by atoms with Gasteiger partial charge in [-0.2, -0.15) is 0 Å². The van der Waals surface area contributed by atoms with E-state index in [2.05, 4.69) is 60.2 Å². The summed E-state index contributed by atoms with van der Waals surface area (Å²) >= 11 is 3.55. The highest BCUT2D eigenvalue weighted by atomic mass is 79.9. The van der Waals surface area contributed by atoms with E-state index in [1.807, 2.05) is 6.07 Å². The van der Waals surface area contributed by atoms with Gasteiger partial charge < -0.3 is 9.47 Å². The number of pyridine rings is 1. The molecule has 0 aromatic carbocycles. The Kier molecular flexibility index (Phi) is 7.65. The van der Waals surface area contributed by atoms with Gasteiger partial charge in [-0.15, -0.1) is 0 Å². The molecular weight excluding hydrogens is 442 g/mol. The summed E-state index contributed by atoms with van der Waals surface area (Å²) in [6.07, 6.45) is 1.70. The van der Waals surface area contributed by atoms with Gasteiger partial charge in [0.2, 0.25) is 0 Å². The average Bonchev–Trinajstić information content (AvgIpc) is 2.80. The van der Waals surface area contributed by atoms with Crippen LogP contribution in [0.5, 0.6) is 0 Å². The largest absolute Gasteiger partial charge is 0.361 e. The third kappa shape index (κ3) is 6.67. The second-order valence-corrected chi connectivity index (χ2v) is 21.4. The molecule has 0 saturated heterocycles. The summed E-state index contributed by atoms with van der Waals surface area (Å²) < 4.78 is 15.7. The summed E-state index contributed by atoms with van der Waals surface area (Å²) in [4.78, 5) is 17.4. The Labute approximate surface area is 172 Å². The fourth-order valence-corrected chi connectivity index (χ4v) is 4.53. The Morgan fingerprint density at radius 1 is 0.963 bits per heavy atom. The average molecular weight is 475 g/mol. The van der Waals surface area contributed by atoms with Crippen molar-refractivity contribution in [2.75, 3.05) is 13.2 Å². The minimum Gasteiger partial charge on any atom is -0.361 e. The molecule has 0 amide bonds. The van der Waals surface area contributed by atoms with E-state index >= 15 is 0 Å². The van der Waals surface area contributed by atoms with Crippen molar-refractivity contribution in [3.05, 3.63) is 27.2 Å². The van der Waals surface area contributed by atoms with E-state index in [1.165, 1.54) is 0 Å². The number of halogens is 1. The van der Waals surface area contributed by atoms with Crippen molar-refractivity contribution in [1.82, 2.24) is 14.1 Å². The summed E-state index contributed by atoms with van der Waals surface area (Å²) in [6, 6.07) is 3.98. The molecule has 0 saturated carbocycles. The van der Waals surface area contributed by atoms with Crippen LogP contribution < -0.4 is 5.69 Å². The van der Waals surface area contributed by atoms with Crippen molar-refractivity contribution in [2.45, 2.75) is 64.8 Å². The van der Waals surface area contributed by atoms with Crippen LogP contribution in [-0.2, 0) is 22.9 Å². The Bertz CT molecular complexity index is 822. The number of ether oxygens (including phenoxy) is 2. The quantitative estimate of drug-likeness (QED) is 0.374. The molecule has 152 valence electrons. The van der Waals surface area contributed by atoms with E-state index < -0.39 is 16.1 Å². The molecule has 2 aromatic heterocycles. The van der Waals surface area contributed by atoms with Gasteiger partial charge in [0.25, 0.3) is 0 Å². The summed E-state index contributed by atoms with van der Waals surface area (Å²) in [5, 5.41) is 0. The zero-order valence-electron chi connectivity index (χ0n) is 17.3. The second kappa shape index (κ2) is 9.17. The Morgan fingerprint density at radius 2 is 1.48 bits per heavy atom. The predicted octanol–water partition coefficient (Wildman–Crippen LogP) is 4.59. The van der Waals surface area contributed by atoms with Gasteiger partial charge in [-0.25, -0.2) is 9.78 Å². The van der Waals surface area contributed by atoms with Crippen LogP contribution in [0.4, 0.5) is 0 Å². The van der Waals surface area contributed by atoms with Crippen LogP contribution in [0.1, 0.15) is 0 Å². The fraction of sp³-hybridized carbons (Fsp3) is 0.667. The van der Waals surface area contributed by atoms with Gasteiger partial charge in [-0.3, -0.25) is 9.13 Å². The predicted molar refractivity (Wildman–Crippen MR) is 120 cm³/mol. The molecule has 0 aliphatic heterocycles. The van der Waals surface area contributed by atoms with E-state index in [9.17, 15) is 4.79 Å². The van der Waals surface area contributed by atoms with Crippen LogP contribution in [0.25, 0.3) is 11.2 Å². The van der Waals surface area contributed by atoms with Gasteiger partial charge in [-0.05, 0) is 34.1 Å². The molecule has 0 spiro atoms. The van der Waals surface area contributed by atoms with Gasteiger partial charge >= 0.3 is 5.69 Å². The van der Waals surface area contributed by atoms with Gasteiger partial charge in [-0.1, -0.05) is 39.3 Å². The highest BCUT2D eigenvalue weighted by Gasteiger charge is 2.18. The van der Waals surface area contributed by atoms with Crippen molar-refractivity contribution in [3.8, 4) is 0 Å². The van der Waals surface area contributed by atoms with E-state index in [-0.39, 0.29) is 19.2 Å². The van der Waals surface area contributed by atoms with Crippen molar-refractivity contribution in [2.24, 2.45) is 0 Å². The Morgan fingerprint density at radius 3 is 2.00 bits per heavy atom. The maximum atomic E-state index is 12.9. The molecule has 0 unspecified atom stereocenters. The maximum Gasteiger partial charge on any atom is 0.334 e. The Balaban J connectivity index is 2.17. The van der Waals surface area contributed by atoms with Crippen molar-refractivity contribution < 1.29 is 9.47 Å². The maximum absolute atomic E-state index is 12.9. The molecule has 0 bridgehead atoms. The minimum atomic E-state index is -1.16. The first kappa shape index (κ1) is 22.5. The second-order valence-electron chi connectivity index (χ2n) is 9.30. The molecule has 0 aliphatic rings. The summed E-state index contributed by atoms with van der Waals surface area (Å²) in [5.41, 5.74) is 1.23. The number of nitrogens with zero attached hydrogens (tertiary/aromatic N) is 3. The zero-order valence-corrected chi connectivity index (χ0v) is 20.9. The molecule has 0 aliphatic carbocycles. The molecule has 0 N–H and O–H groups in total. The van der Waals surface area contributed by atoms with Crippen LogP contribution in [0.2, 0.25) is 51.4 Å². The van der Waals surface area contributed by atoms with Crippen LogP contribution in [0, 0.1) is 0 Å². The molecule has 27 heavy (non-hydrogen) atoms. The van der Waals surface area contributed by atoms with Gasteiger partial charge in [0.1, 0.15) is 19.0 Å². The number of fused-ring (bicyclic) bond motifs is 1. The fourth-order valence-electron chi connectivity index (χ4n) is 2.50. The SMILES string of the molecule is C[Si](C)(C)CCOCn1c(=O)n(COCC[Si](C)(C)C)c2c(Br)ccnc21. The van der Waals surface area contributed by atoms with Crippen LogP contribution in [0.15, 0.2) is 21.5 Å². The number of imidazole rings is 1. The first-order valence-electron chi connectivity index (χ1n) is 9.39. The van der Waals surface area contributed by atoms with Gasteiger partial charge in [0, 0.05) is 40.0 Å². The zero-order chi connectivity index (χ0) is 20.2. The summed E-state index contributed by atoms with van der Waals surface area (Å²) in [6.45, 7) is 15.6. The van der Waals surface area contributed by atoms with Gasteiger partial charge in [0.05, 0.1) is 0 Å². The van der Waals surface area contributed by atoms with E-state index in [0.29, 0.717) is 18.9 Å². The monoisotopic (exact) mass is 473 g/mol. The first-order valence-corrected chi connectivity index (χ1v) is 17.6. The lowest BCUT2D eigenvalue weighted by Crippen LogP contribution is -2.28.